The second kappa shape index (κ2) is 6.07. The zero-order valence-corrected chi connectivity index (χ0v) is 15.6. The molecule has 4 rings (SSSR count). The van der Waals surface area contributed by atoms with Gasteiger partial charge in [0.05, 0.1) is 16.1 Å². The Hall–Kier alpha value is -2.90. The maximum absolute atomic E-state index is 13.2. The number of sulfonamides is 1. The molecule has 3 aromatic carbocycles. The predicted molar refractivity (Wildman–Crippen MR) is 104 cm³/mol. The highest BCUT2D eigenvalue weighted by molar-refractivity contribution is 7.93. The van der Waals surface area contributed by atoms with Crippen LogP contribution in [0.15, 0.2) is 59.5 Å². The molecule has 136 valence electrons. The zero-order chi connectivity index (χ0) is 19.3. The maximum atomic E-state index is 13.2. The highest BCUT2D eigenvalue weighted by Gasteiger charge is 2.39. The van der Waals surface area contributed by atoms with Gasteiger partial charge in [0.25, 0.3) is 15.9 Å². The van der Waals surface area contributed by atoms with E-state index in [4.69, 9.17) is 11.6 Å². The summed E-state index contributed by atoms with van der Waals surface area (Å²) in [6, 6.07) is 13.7. The molecule has 0 bridgehead atoms. The van der Waals surface area contributed by atoms with Crippen molar-refractivity contribution in [1.82, 2.24) is 0 Å². The van der Waals surface area contributed by atoms with Gasteiger partial charge in [-0.05, 0) is 42.5 Å². The molecule has 0 saturated carbocycles. The second-order valence-electron chi connectivity index (χ2n) is 6.07. The van der Waals surface area contributed by atoms with Crippen molar-refractivity contribution in [2.24, 2.45) is 0 Å². The monoisotopic (exact) mass is 400 g/mol. The normalized spacial score (nSPS) is 13.3. The van der Waals surface area contributed by atoms with Crippen LogP contribution in [0, 0.1) is 0 Å². The minimum absolute atomic E-state index is 0.0548. The van der Waals surface area contributed by atoms with Crippen molar-refractivity contribution < 1.29 is 18.0 Å². The van der Waals surface area contributed by atoms with Crippen LogP contribution < -0.4 is 9.62 Å². The Bertz CT molecular complexity index is 1220. The number of anilines is 2. The van der Waals surface area contributed by atoms with E-state index in [9.17, 15) is 18.0 Å². The van der Waals surface area contributed by atoms with Crippen LogP contribution in [0.25, 0.3) is 10.8 Å². The minimum Gasteiger partial charge on any atom is -0.326 e. The molecule has 0 saturated heterocycles. The number of rotatable bonds is 3. The SMILES string of the molecule is CC(=O)Nc1ccc(S(=O)(=O)N2C(=O)c3cccc4c(Cl)ccc2c34)cc1. The van der Waals surface area contributed by atoms with Crippen LogP contribution in [-0.2, 0) is 14.8 Å². The van der Waals surface area contributed by atoms with Crippen molar-refractivity contribution in [2.45, 2.75) is 11.8 Å². The molecule has 3 aromatic rings. The lowest BCUT2D eigenvalue weighted by Gasteiger charge is -2.18. The van der Waals surface area contributed by atoms with Gasteiger partial charge in [0, 0.05) is 28.4 Å². The number of nitrogens with one attached hydrogen (secondary N) is 1. The van der Waals surface area contributed by atoms with Gasteiger partial charge in [-0.3, -0.25) is 9.59 Å². The van der Waals surface area contributed by atoms with Crippen LogP contribution in [-0.4, -0.2) is 20.2 Å². The van der Waals surface area contributed by atoms with Crippen molar-refractivity contribution >= 4 is 55.6 Å². The molecular weight excluding hydrogens is 388 g/mol. The van der Waals surface area contributed by atoms with Crippen LogP contribution in [0.1, 0.15) is 17.3 Å². The number of benzene rings is 3. The topological polar surface area (TPSA) is 83.6 Å². The molecule has 0 fully saturated rings. The fourth-order valence-corrected chi connectivity index (χ4v) is 4.82. The van der Waals surface area contributed by atoms with Crippen LogP contribution in [0.4, 0.5) is 11.4 Å². The van der Waals surface area contributed by atoms with E-state index in [1.807, 2.05) is 0 Å². The minimum atomic E-state index is -4.13. The van der Waals surface area contributed by atoms with Gasteiger partial charge in [0.2, 0.25) is 5.91 Å². The van der Waals surface area contributed by atoms with Crippen molar-refractivity contribution in [3.63, 3.8) is 0 Å². The fourth-order valence-electron chi connectivity index (χ4n) is 3.18. The molecule has 0 aliphatic carbocycles. The third kappa shape index (κ3) is 2.67. The third-order valence-corrected chi connectivity index (χ3v) is 6.35. The van der Waals surface area contributed by atoms with Gasteiger partial charge in [-0.1, -0.05) is 23.7 Å². The summed E-state index contributed by atoms with van der Waals surface area (Å²) in [7, 11) is -4.13. The van der Waals surface area contributed by atoms with Gasteiger partial charge < -0.3 is 5.32 Å². The molecule has 1 N–H and O–H groups in total. The summed E-state index contributed by atoms with van der Waals surface area (Å²) in [6.45, 7) is 1.36. The van der Waals surface area contributed by atoms with Crippen molar-refractivity contribution in [3.8, 4) is 0 Å². The Balaban J connectivity index is 1.84. The first-order valence-electron chi connectivity index (χ1n) is 7.99. The lowest BCUT2D eigenvalue weighted by molar-refractivity contribution is -0.114. The Morgan fingerprint density at radius 1 is 1.04 bits per heavy atom. The van der Waals surface area contributed by atoms with E-state index in [2.05, 4.69) is 5.32 Å². The molecule has 6 nitrogen and oxygen atoms in total. The van der Waals surface area contributed by atoms with Crippen molar-refractivity contribution in [2.75, 3.05) is 9.62 Å². The fraction of sp³-hybridized carbons (Fsp3) is 0.0526. The lowest BCUT2D eigenvalue weighted by Crippen LogP contribution is -2.33. The Labute approximate surface area is 160 Å². The number of hydrogen-bond acceptors (Lipinski definition) is 4. The molecule has 0 aromatic heterocycles. The molecular formula is C19H13ClN2O4S. The van der Waals surface area contributed by atoms with Crippen molar-refractivity contribution in [1.29, 1.82) is 0 Å². The first kappa shape index (κ1) is 17.5. The second-order valence-corrected chi connectivity index (χ2v) is 8.27. The van der Waals surface area contributed by atoms with Gasteiger partial charge >= 0.3 is 0 Å². The molecule has 1 aliphatic rings. The van der Waals surface area contributed by atoms with Crippen molar-refractivity contribution in [3.05, 3.63) is 65.2 Å². The number of carbonyl (C=O) groups is 2. The number of carbonyl (C=O) groups excluding carboxylic acids is 2. The standard InChI is InChI=1S/C19H13ClN2O4S/c1-11(23)21-12-5-7-13(8-6-12)27(25,26)22-17-10-9-16(20)14-3-2-4-15(18(14)17)19(22)24/h2-10H,1H3,(H,21,23). The van der Waals surface area contributed by atoms with E-state index < -0.39 is 15.9 Å². The molecule has 0 spiro atoms. The molecule has 27 heavy (non-hydrogen) atoms. The summed E-state index contributed by atoms with van der Waals surface area (Å²) >= 11 is 6.20. The molecule has 0 atom stereocenters. The first-order valence-corrected chi connectivity index (χ1v) is 9.81. The number of hydrogen-bond donors (Lipinski definition) is 1. The average Bonchev–Trinajstić information content (AvgIpc) is 2.92. The average molecular weight is 401 g/mol. The third-order valence-electron chi connectivity index (χ3n) is 4.31. The Morgan fingerprint density at radius 3 is 2.41 bits per heavy atom. The van der Waals surface area contributed by atoms with Gasteiger partial charge in [0.15, 0.2) is 0 Å². The van der Waals surface area contributed by atoms with Gasteiger partial charge in [0.1, 0.15) is 0 Å². The number of halogens is 1. The van der Waals surface area contributed by atoms with E-state index in [0.717, 1.165) is 4.31 Å². The van der Waals surface area contributed by atoms with E-state index >= 15 is 0 Å². The van der Waals surface area contributed by atoms with Crippen LogP contribution in [0.3, 0.4) is 0 Å². The van der Waals surface area contributed by atoms with Crippen LogP contribution in [0.2, 0.25) is 5.02 Å². The summed E-state index contributed by atoms with van der Waals surface area (Å²) in [4.78, 5) is 23.9. The summed E-state index contributed by atoms with van der Waals surface area (Å²) in [6.07, 6.45) is 0. The molecule has 2 amide bonds. The first-order chi connectivity index (χ1) is 12.8. The highest BCUT2D eigenvalue weighted by Crippen LogP contribution is 2.42. The number of nitrogens with zero attached hydrogens (tertiary/aromatic N) is 1. The van der Waals surface area contributed by atoms with E-state index in [-0.39, 0.29) is 16.5 Å². The predicted octanol–water partition coefficient (Wildman–Crippen LogP) is 3.80. The van der Waals surface area contributed by atoms with Gasteiger partial charge in [-0.25, -0.2) is 8.42 Å². The van der Waals surface area contributed by atoms with Crippen LogP contribution >= 0.6 is 11.6 Å². The molecule has 1 heterocycles. The Kier molecular flexibility index (Phi) is 3.94. The summed E-state index contributed by atoms with van der Waals surface area (Å²) in [5, 5.41) is 4.16. The zero-order valence-electron chi connectivity index (χ0n) is 14.1. The molecule has 8 heteroatoms. The summed E-state index contributed by atoms with van der Waals surface area (Å²) in [5.74, 6) is -0.886. The largest absolute Gasteiger partial charge is 0.326 e. The lowest BCUT2D eigenvalue weighted by atomic mass is 10.1. The molecule has 0 unspecified atom stereocenters. The van der Waals surface area contributed by atoms with E-state index in [0.29, 0.717) is 27.0 Å². The van der Waals surface area contributed by atoms with Gasteiger partial charge in [-0.2, -0.15) is 4.31 Å². The van der Waals surface area contributed by atoms with E-state index in [1.165, 1.54) is 37.3 Å². The number of amides is 2. The van der Waals surface area contributed by atoms with Crippen LogP contribution in [0.5, 0.6) is 0 Å². The quantitative estimate of drug-likeness (QED) is 0.724. The summed E-state index contributed by atoms with van der Waals surface area (Å²) < 4.78 is 27.1. The Morgan fingerprint density at radius 2 is 1.74 bits per heavy atom. The van der Waals surface area contributed by atoms with E-state index in [1.54, 1.807) is 24.3 Å². The maximum Gasteiger partial charge on any atom is 0.273 e. The van der Waals surface area contributed by atoms with Gasteiger partial charge in [-0.15, -0.1) is 0 Å². The smallest absolute Gasteiger partial charge is 0.273 e. The molecule has 0 radical (unpaired) electrons. The highest BCUT2D eigenvalue weighted by atomic mass is 35.5. The summed E-state index contributed by atoms with van der Waals surface area (Å²) in [5.41, 5.74) is 1.04. The molecule has 1 aliphatic heterocycles.